The van der Waals surface area contributed by atoms with Gasteiger partial charge in [-0.15, -0.1) is 0 Å². The summed E-state index contributed by atoms with van der Waals surface area (Å²) in [6, 6.07) is 20.3. The first-order valence-electron chi connectivity index (χ1n) is 7.82. The van der Waals surface area contributed by atoms with Crippen molar-refractivity contribution in [3.8, 4) is 5.75 Å². The number of carbonyl (C=O) groups excluding carboxylic acids is 1. The van der Waals surface area contributed by atoms with Crippen molar-refractivity contribution in [3.05, 3.63) is 100.0 Å². The average Bonchev–Trinajstić information content (AvgIpc) is 2.67. The molecule has 2 aromatic carbocycles. The third-order valence-electron chi connectivity index (χ3n) is 3.58. The van der Waals surface area contributed by atoms with Gasteiger partial charge in [0.05, 0.1) is 6.20 Å². The normalized spacial score (nSPS) is 10.2. The summed E-state index contributed by atoms with van der Waals surface area (Å²) in [6.07, 6.45) is 1.98. The molecule has 0 aliphatic rings. The topological polar surface area (TPSA) is 57.5 Å². The number of hydrogen-bond donors (Lipinski definition) is 0. The van der Waals surface area contributed by atoms with Gasteiger partial charge < -0.3 is 9.57 Å². The SMILES string of the molecule is O=Cc1cc(=O)c(OCc2ccccc2)cn1OCc1ccccc1. The molecule has 126 valence electrons. The van der Waals surface area contributed by atoms with Gasteiger partial charge in [-0.05, 0) is 11.1 Å². The Hall–Kier alpha value is -3.34. The van der Waals surface area contributed by atoms with Crippen LogP contribution < -0.4 is 15.0 Å². The summed E-state index contributed by atoms with van der Waals surface area (Å²) >= 11 is 0. The fourth-order valence-electron chi connectivity index (χ4n) is 2.27. The molecule has 0 N–H and O–H groups in total. The highest BCUT2D eigenvalue weighted by Gasteiger charge is 2.09. The van der Waals surface area contributed by atoms with Crippen LogP contribution in [0.1, 0.15) is 21.6 Å². The van der Waals surface area contributed by atoms with E-state index in [9.17, 15) is 9.59 Å². The predicted molar refractivity (Wildman–Crippen MR) is 93.6 cm³/mol. The second kappa shape index (κ2) is 7.97. The van der Waals surface area contributed by atoms with Crippen LogP contribution in [0.15, 0.2) is 77.7 Å². The summed E-state index contributed by atoms with van der Waals surface area (Å²) in [6.45, 7) is 0.526. The minimum Gasteiger partial charge on any atom is -0.483 e. The van der Waals surface area contributed by atoms with Crippen molar-refractivity contribution >= 4 is 6.29 Å². The molecule has 5 heteroatoms. The van der Waals surface area contributed by atoms with Crippen LogP contribution in [-0.2, 0) is 13.2 Å². The molecule has 25 heavy (non-hydrogen) atoms. The Balaban J connectivity index is 1.77. The number of benzene rings is 2. The Morgan fingerprint density at radius 3 is 2.08 bits per heavy atom. The highest BCUT2D eigenvalue weighted by Crippen LogP contribution is 2.09. The Bertz CT molecular complexity index is 889. The Kier molecular flexibility index (Phi) is 5.26. The van der Waals surface area contributed by atoms with E-state index in [1.54, 1.807) is 0 Å². The van der Waals surface area contributed by atoms with Gasteiger partial charge in [0.1, 0.15) is 18.9 Å². The fraction of sp³-hybridized carbons (Fsp3) is 0.100. The number of hydrogen-bond acceptors (Lipinski definition) is 4. The summed E-state index contributed by atoms with van der Waals surface area (Å²) in [7, 11) is 0. The summed E-state index contributed by atoms with van der Waals surface area (Å²) < 4.78 is 6.85. The third kappa shape index (κ3) is 4.35. The second-order valence-corrected chi connectivity index (χ2v) is 5.40. The first-order chi connectivity index (χ1) is 12.3. The Morgan fingerprint density at radius 1 is 0.880 bits per heavy atom. The summed E-state index contributed by atoms with van der Waals surface area (Å²) in [5.41, 5.74) is 1.66. The van der Waals surface area contributed by atoms with Gasteiger partial charge in [-0.2, -0.15) is 4.73 Å². The number of pyridine rings is 1. The molecule has 0 aliphatic heterocycles. The van der Waals surface area contributed by atoms with Crippen LogP contribution in [-0.4, -0.2) is 11.0 Å². The lowest BCUT2D eigenvalue weighted by Crippen LogP contribution is -2.20. The van der Waals surface area contributed by atoms with E-state index in [0.29, 0.717) is 6.29 Å². The molecule has 0 aliphatic carbocycles. The maximum absolute atomic E-state index is 12.1. The lowest BCUT2D eigenvalue weighted by Gasteiger charge is -2.13. The molecule has 0 spiro atoms. The van der Waals surface area contributed by atoms with Crippen molar-refractivity contribution in [2.75, 3.05) is 0 Å². The molecule has 0 saturated carbocycles. The minimum absolute atomic E-state index is 0.127. The molecule has 0 amide bonds. The van der Waals surface area contributed by atoms with Crippen LogP contribution >= 0.6 is 0 Å². The van der Waals surface area contributed by atoms with E-state index in [1.807, 2.05) is 60.7 Å². The molecular weight excluding hydrogens is 318 g/mol. The summed E-state index contributed by atoms with van der Waals surface area (Å²) in [5.74, 6) is 0.127. The Labute approximate surface area is 145 Å². The molecule has 0 radical (unpaired) electrons. The van der Waals surface area contributed by atoms with Gasteiger partial charge in [-0.3, -0.25) is 9.59 Å². The third-order valence-corrected chi connectivity index (χ3v) is 3.58. The van der Waals surface area contributed by atoms with Gasteiger partial charge in [0.2, 0.25) is 5.43 Å². The second-order valence-electron chi connectivity index (χ2n) is 5.40. The highest BCUT2D eigenvalue weighted by molar-refractivity contribution is 5.72. The van der Waals surface area contributed by atoms with Crippen LogP contribution in [0.5, 0.6) is 5.75 Å². The minimum atomic E-state index is -0.363. The van der Waals surface area contributed by atoms with E-state index in [4.69, 9.17) is 9.57 Å². The van der Waals surface area contributed by atoms with E-state index in [-0.39, 0.29) is 30.1 Å². The van der Waals surface area contributed by atoms with E-state index in [0.717, 1.165) is 11.1 Å². The van der Waals surface area contributed by atoms with Crippen molar-refractivity contribution < 1.29 is 14.4 Å². The molecule has 1 heterocycles. The number of carbonyl (C=O) groups is 1. The van der Waals surface area contributed by atoms with E-state index < -0.39 is 0 Å². The quantitative estimate of drug-likeness (QED) is 0.623. The monoisotopic (exact) mass is 335 g/mol. The predicted octanol–water partition coefficient (Wildman–Crippen LogP) is 2.87. The van der Waals surface area contributed by atoms with Crippen LogP contribution in [0.4, 0.5) is 0 Å². The van der Waals surface area contributed by atoms with Crippen LogP contribution in [0.3, 0.4) is 0 Å². The molecule has 0 unspecified atom stereocenters. The highest BCUT2D eigenvalue weighted by atomic mass is 16.7. The maximum Gasteiger partial charge on any atom is 0.224 e. The smallest absolute Gasteiger partial charge is 0.224 e. The van der Waals surface area contributed by atoms with Crippen LogP contribution in [0.2, 0.25) is 0 Å². The zero-order chi connectivity index (χ0) is 17.5. The zero-order valence-electron chi connectivity index (χ0n) is 13.5. The standard InChI is InChI=1S/C20H17NO4/c22-13-18-11-19(23)20(24-14-16-7-3-1-4-8-16)12-21(18)25-15-17-9-5-2-6-10-17/h1-13H,14-15H2. The van der Waals surface area contributed by atoms with Crippen molar-refractivity contribution in [1.82, 2.24) is 4.73 Å². The molecule has 0 atom stereocenters. The molecule has 3 rings (SSSR count). The first-order valence-corrected chi connectivity index (χ1v) is 7.82. The number of ether oxygens (including phenoxy) is 1. The van der Waals surface area contributed by atoms with Crippen molar-refractivity contribution in [2.45, 2.75) is 13.2 Å². The van der Waals surface area contributed by atoms with Crippen LogP contribution in [0, 0.1) is 0 Å². The van der Waals surface area contributed by atoms with Gasteiger partial charge in [-0.25, -0.2) is 0 Å². The van der Waals surface area contributed by atoms with Crippen LogP contribution in [0.25, 0.3) is 0 Å². The van der Waals surface area contributed by atoms with Gasteiger partial charge in [0.25, 0.3) is 0 Å². The van der Waals surface area contributed by atoms with E-state index >= 15 is 0 Å². The zero-order valence-corrected chi connectivity index (χ0v) is 13.5. The lowest BCUT2D eigenvalue weighted by atomic mass is 10.2. The molecule has 0 bridgehead atoms. The number of aldehydes is 1. The average molecular weight is 335 g/mol. The van der Waals surface area contributed by atoms with Crippen molar-refractivity contribution in [3.63, 3.8) is 0 Å². The van der Waals surface area contributed by atoms with Gasteiger partial charge in [-0.1, -0.05) is 60.7 Å². The van der Waals surface area contributed by atoms with Gasteiger partial charge >= 0.3 is 0 Å². The first kappa shape index (κ1) is 16.5. The molecule has 5 nitrogen and oxygen atoms in total. The largest absolute Gasteiger partial charge is 0.483 e. The Morgan fingerprint density at radius 2 is 1.48 bits per heavy atom. The summed E-state index contributed by atoms with van der Waals surface area (Å²) in [4.78, 5) is 28.9. The molecule has 0 fully saturated rings. The fourth-order valence-corrected chi connectivity index (χ4v) is 2.27. The molecule has 0 saturated heterocycles. The van der Waals surface area contributed by atoms with Crippen molar-refractivity contribution in [2.24, 2.45) is 0 Å². The number of aromatic nitrogens is 1. The van der Waals surface area contributed by atoms with Gasteiger partial charge in [0.15, 0.2) is 12.0 Å². The number of rotatable bonds is 7. The van der Waals surface area contributed by atoms with Crippen molar-refractivity contribution in [1.29, 1.82) is 0 Å². The summed E-state index contributed by atoms with van der Waals surface area (Å²) in [5, 5.41) is 0. The lowest BCUT2D eigenvalue weighted by molar-refractivity contribution is 0.0820. The van der Waals surface area contributed by atoms with E-state index in [2.05, 4.69) is 0 Å². The molecular formula is C20H17NO4. The molecule has 3 aromatic rings. The maximum atomic E-state index is 12.1. The number of nitrogens with zero attached hydrogens (tertiary/aromatic N) is 1. The van der Waals surface area contributed by atoms with Gasteiger partial charge in [0, 0.05) is 6.07 Å². The molecule has 1 aromatic heterocycles. The van der Waals surface area contributed by atoms with E-state index in [1.165, 1.54) is 17.0 Å².